The SMILES string of the molecule is CC(=O)c1ccc(NC(=S)NC(=O)c2cccs2)cc1. The third-order valence-corrected chi connectivity index (χ3v) is 3.59. The van der Waals surface area contributed by atoms with Crippen molar-refractivity contribution in [1.29, 1.82) is 0 Å². The molecular weight excluding hydrogens is 292 g/mol. The number of thiocarbonyl (C=S) groups is 1. The number of benzene rings is 1. The Kier molecular flexibility index (Phi) is 4.60. The second-order valence-electron chi connectivity index (χ2n) is 4.02. The van der Waals surface area contributed by atoms with Gasteiger partial charge in [0, 0.05) is 11.3 Å². The van der Waals surface area contributed by atoms with E-state index >= 15 is 0 Å². The highest BCUT2D eigenvalue weighted by atomic mass is 32.1. The van der Waals surface area contributed by atoms with Crippen LogP contribution in [0.15, 0.2) is 41.8 Å². The lowest BCUT2D eigenvalue weighted by Gasteiger charge is -2.09. The smallest absolute Gasteiger partial charge is 0.267 e. The largest absolute Gasteiger partial charge is 0.332 e. The molecule has 0 aliphatic carbocycles. The van der Waals surface area contributed by atoms with Crippen molar-refractivity contribution < 1.29 is 9.59 Å². The summed E-state index contributed by atoms with van der Waals surface area (Å²) in [5.74, 6) is -0.233. The van der Waals surface area contributed by atoms with E-state index in [9.17, 15) is 9.59 Å². The maximum atomic E-state index is 11.8. The number of hydrogen-bond acceptors (Lipinski definition) is 4. The fourth-order valence-corrected chi connectivity index (χ4v) is 2.35. The van der Waals surface area contributed by atoms with Gasteiger partial charge in [0.25, 0.3) is 5.91 Å². The number of nitrogens with one attached hydrogen (secondary N) is 2. The van der Waals surface area contributed by atoms with Crippen LogP contribution in [0.1, 0.15) is 27.0 Å². The van der Waals surface area contributed by atoms with Crippen LogP contribution >= 0.6 is 23.6 Å². The van der Waals surface area contributed by atoms with E-state index in [4.69, 9.17) is 12.2 Å². The van der Waals surface area contributed by atoms with Crippen molar-refractivity contribution in [2.45, 2.75) is 6.92 Å². The molecule has 1 aromatic carbocycles. The van der Waals surface area contributed by atoms with Crippen molar-refractivity contribution in [2.75, 3.05) is 5.32 Å². The number of anilines is 1. The quantitative estimate of drug-likeness (QED) is 0.676. The molecular formula is C14H12N2O2S2. The summed E-state index contributed by atoms with van der Waals surface area (Å²) in [6.45, 7) is 1.51. The highest BCUT2D eigenvalue weighted by molar-refractivity contribution is 7.80. The summed E-state index contributed by atoms with van der Waals surface area (Å²) in [5.41, 5.74) is 1.34. The van der Waals surface area contributed by atoms with E-state index < -0.39 is 0 Å². The van der Waals surface area contributed by atoms with Gasteiger partial charge in [-0.25, -0.2) is 0 Å². The molecule has 0 saturated heterocycles. The molecule has 1 aromatic heterocycles. The molecule has 0 radical (unpaired) electrons. The maximum absolute atomic E-state index is 11.8. The highest BCUT2D eigenvalue weighted by Gasteiger charge is 2.08. The van der Waals surface area contributed by atoms with Gasteiger partial charge in [-0.15, -0.1) is 11.3 Å². The summed E-state index contributed by atoms with van der Waals surface area (Å²) in [6, 6.07) is 10.4. The van der Waals surface area contributed by atoms with Crippen LogP contribution in [-0.2, 0) is 0 Å². The Hall–Kier alpha value is -2.05. The van der Waals surface area contributed by atoms with Crippen LogP contribution in [0.3, 0.4) is 0 Å². The molecule has 2 N–H and O–H groups in total. The Morgan fingerprint density at radius 2 is 1.85 bits per heavy atom. The summed E-state index contributed by atoms with van der Waals surface area (Å²) in [5, 5.41) is 7.53. The fraction of sp³-hybridized carbons (Fsp3) is 0.0714. The summed E-state index contributed by atoms with van der Waals surface area (Å²) in [6.07, 6.45) is 0. The topological polar surface area (TPSA) is 58.2 Å². The van der Waals surface area contributed by atoms with E-state index in [0.717, 1.165) is 0 Å². The van der Waals surface area contributed by atoms with Crippen LogP contribution in [0.5, 0.6) is 0 Å². The average Bonchev–Trinajstić information content (AvgIpc) is 2.93. The van der Waals surface area contributed by atoms with Crippen molar-refractivity contribution in [3.63, 3.8) is 0 Å². The molecule has 6 heteroatoms. The molecule has 102 valence electrons. The standard InChI is InChI=1S/C14H12N2O2S2/c1-9(17)10-4-6-11(7-5-10)15-14(19)16-13(18)12-3-2-8-20-12/h2-8H,1H3,(H2,15,16,18,19). The second-order valence-corrected chi connectivity index (χ2v) is 5.38. The van der Waals surface area contributed by atoms with Crippen molar-refractivity contribution >= 4 is 46.0 Å². The highest BCUT2D eigenvalue weighted by Crippen LogP contribution is 2.11. The van der Waals surface area contributed by atoms with E-state index in [1.54, 1.807) is 36.4 Å². The fourth-order valence-electron chi connectivity index (χ4n) is 1.52. The van der Waals surface area contributed by atoms with Crippen LogP contribution in [0.2, 0.25) is 0 Å². The first-order valence-electron chi connectivity index (χ1n) is 5.83. The van der Waals surface area contributed by atoms with E-state index in [-0.39, 0.29) is 16.8 Å². The van der Waals surface area contributed by atoms with E-state index in [1.807, 2.05) is 5.38 Å². The third kappa shape index (κ3) is 3.72. The molecule has 2 rings (SSSR count). The lowest BCUT2D eigenvalue weighted by Crippen LogP contribution is -2.33. The molecule has 0 fully saturated rings. The number of carbonyl (C=O) groups excluding carboxylic acids is 2. The van der Waals surface area contributed by atoms with Gasteiger partial charge in [-0.05, 0) is 54.9 Å². The molecule has 1 amide bonds. The molecule has 0 bridgehead atoms. The zero-order chi connectivity index (χ0) is 14.5. The average molecular weight is 304 g/mol. The molecule has 0 aliphatic heterocycles. The molecule has 1 heterocycles. The van der Waals surface area contributed by atoms with Crippen molar-refractivity contribution in [2.24, 2.45) is 0 Å². The molecule has 20 heavy (non-hydrogen) atoms. The Bertz CT molecular complexity index is 634. The van der Waals surface area contributed by atoms with Gasteiger partial charge in [-0.2, -0.15) is 0 Å². The molecule has 2 aromatic rings. The van der Waals surface area contributed by atoms with Gasteiger partial charge in [0.2, 0.25) is 0 Å². The van der Waals surface area contributed by atoms with Crippen molar-refractivity contribution in [3.8, 4) is 0 Å². The number of ketones is 1. The molecule has 0 spiro atoms. The van der Waals surface area contributed by atoms with Crippen LogP contribution < -0.4 is 10.6 Å². The zero-order valence-electron chi connectivity index (χ0n) is 10.7. The monoisotopic (exact) mass is 304 g/mol. The molecule has 0 unspecified atom stereocenters. The molecule has 4 nitrogen and oxygen atoms in total. The van der Waals surface area contributed by atoms with Gasteiger partial charge < -0.3 is 5.32 Å². The van der Waals surface area contributed by atoms with E-state index in [1.165, 1.54) is 18.3 Å². The normalized spacial score (nSPS) is 9.85. The summed E-state index contributed by atoms with van der Waals surface area (Å²) < 4.78 is 0. The van der Waals surface area contributed by atoms with E-state index in [0.29, 0.717) is 16.1 Å². The number of amides is 1. The lowest BCUT2D eigenvalue weighted by molar-refractivity contribution is 0.0979. The summed E-state index contributed by atoms with van der Waals surface area (Å²) in [7, 11) is 0. The van der Waals surface area contributed by atoms with Gasteiger partial charge in [0.1, 0.15) is 0 Å². The number of carbonyl (C=O) groups is 2. The molecule has 0 aliphatic rings. The van der Waals surface area contributed by atoms with Gasteiger partial charge >= 0.3 is 0 Å². The zero-order valence-corrected chi connectivity index (χ0v) is 12.3. The Labute approximate surface area is 125 Å². The molecule has 0 saturated carbocycles. The first-order chi connectivity index (χ1) is 9.56. The van der Waals surface area contributed by atoms with Crippen molar-refractivity contribution in [1.82, 2.24) is 5.32 Å². The van der Waals surface area contributed by atoms with Gasteiger partial charge in [-0.1, -0.05) is 6.07 Å². The molecule has 0 atom stereocenters. The Morgan fingerprint density at radius 3 is 2.40 bits per heavy atom. The number of hydrogen-bond donors (Lipinski definition) is 2. The number of rotatable bonds is 3. The second kappa shape index (κ2) is 6.40. The third-order valence-electron chi connectivity index (χ3n) is 2.52. The van der Waals surface area contributed by atoms with Crippen molar-refractivity contribution in [3.05, 3.63) is 52.2 Å². The van der Waals surface area contributed by atoms with Crippen LogP contribution in [0.25, 0.3) is 0 Å². The minimum Gasteiger partial charge on any atom is -0.332 e. The maximum Gasteiger partial charge on any atom is 0.267 e. The number of thiophene rings is 1. The predicted octanol–water partition coefficient (Wildman–Crippen LogP) is 3.08. The predicted molar refractivity (Wildman–Crippen MR) is 84.5 cm³/mol. The summed E-state index contributed by atoms with van der Waals surface area (Å²) in [4.78, 5) is 23.5. The first-order valence-corrected chi connectivity index (χ1v) is 7.12. The minimum atomic E-state index is -0.238. The Balaban J connectivity index is 1.94. The van der Waals surface area contributed by atoms with Crippen LogP contribution in [0.4, 0.5) is 5.69 Å². The van der Waals surface area contributed by atoms with Gasteiger partial charge in [0.15, 0.2) is 10.9 Å². The first kappa shape index (κ1) is 14.4. The summed E-state index contributed by atoms with van der Waals surface area (Å²) >= 11 is 6.41. The van der Waals surface area contributed by atoms with Crippen LogP contribution in [-0.4, -0.2) is 16.8 Å². The van der Waals surface area contributed by atoms with Crippen LogP contribution in [0, 0.1) is 0 Å². The van der Waals surface area contributed by atoms with Gasteiger partial charge in [-0.3, -0.25) is 14.9 Å². The minimum absolute atomic E-state index is 0.00475. The van der Waals surface area contributed by atoms with E-state index in [2.05, 4.69) is 10.6 Å². The lowest BCUT2D eigenvalue weighted by atomic mass is 10.1. The van der Waals surface area contributed by atoms with Gasteiger partial charge in [0.05, 0.1) is 4.88 Å². The number of Topliss-reactive ketones (excluding diaryl/α,β-unsaturated/α-hetero) is 1. The Morgan fingerprint density at radius 1 is 1.15 bits per heavy atom.